The second-order valence-electron chi connectivity index (χ2n) is 6.43. The molecule has 1 N–H and O–H groups in total. The first-order valence-corrected chi connectivity index (χ1v) is 7.82. The van der Waals surface area contributed by atoms with Crippen molar-refractivity contribution in [1.82, 2.24) is 5.32 Å². The number of benzene rings is 1. The average molecular weight is 274 g/mol. The fourth-order valence-electron chi connectivity index (χ4n) is 3.51. The third-order valence-corrected chi connectivity index (χ3v) is 5.03. The van der Waals surface area contributed by atoms with Gasteiger partial charge in [0.05, 0.1) is 12.8 Å². The summed E-state index contributed by atoms with van der Waals surface area (Å²) in [6.45, 7) is 6.81. The van der Waals surface area contributed by atoms with Gasteiger partial charge in [0.2, 0.25) is 0 Å². The molecule has 3 nitrogen and oxygen atoms in total. The highest BCUT2D eigenvalue weighted by Crippen LogP contribution is 2.43. The number of ether oxygens (including phenoxy) is 1. The number of nitrogens with zero attached hydrogens (tertiary/aromatic N) is 1. The van der Waals surface area contributed by atoms with Crippen molar-refractivity contribution < 1.29 is 4.74 Å². The van der Waals surface area contributed by atoms with Crippen molar-refractivity contribution in [3.8, 4) is 5.75 Å². The van der Waals surface area contributed by atoms with Gasteiger partial charge in [-0.3, -0.25) is 0 Å². The van der Waals surface area contributed by atoms with Crippen LogP contribution in [0.1, 0.15) is 33.1 Å². The van der Waals surface area contributed by atoms with Crippen LogP contribution < -0.4 is 15.0 Å². The Morgan fingerprint density at radius 3 is 2.75 bits per heavy atom. The number of hydrogen-bond acceptors (Lipinski definition) is 3. The monoisotopic (exact) mass is 274 g/mol. The van der Waals surface area contributed by atoms with Crippen LogP contribution in [0.4, 0.5) is 5.69 Å². The van der Waals surface area contributed by atoms with E-state index < -0.39 is 0 Å². The maximum Gasteiger partial charge on any atom is 0.142 e. The largest absolute Gasteiger partial charge is 0.495 e. The molecule has 0 bridgehead atoms. The van der Waals surface area contributed by atoms with E-state index in [1.165, 1.54) is 18.5 Å². The van der Waals surface area contributed by atoms with Crippen LogP contribution in [-0.2, 0) is 0 Å². The Balaban J connectivity index is 1.90. The molecule has 0 spiro atoms. The van der Waals surface area contributed by atoms with Crippen LogP contribution in [0.2, 0.25) is 0 Å². The Hall–Kier alpha value is -1.22. The third-order valence-electron chi connectivity index (χ3n) is 5.03. The molecular weight excluding hydrogens is 248 g/mol. The summed E-state index contributed by atoms with van der Waals surface area (Å²) in [6, 6.07) is 8.98. The Morgan fingerprint density at radius 2 is 2.10 bits per heavy atom. The van der Waals surface area contributed by atoms with E-state index in [2.05, 4.69) is 42.3 Å². The van der Waals surface area contributed by atoms with Gasteiger partial charge in [-0.25, -0.2) is 0 Å². The number of nitrogens with one attached hydrogen (secondary N) is 1. The van der Waals surface area contributed by atoms with Gasteiger partial charge in [-0.15, -0.1) is 0 Å². The molecule has 0 amide bonds. The fraction of sp³-hybridized carbons (Fsp3) is 0.647. The summed E-state index contributed by atoms with van der Waals surface area (Å²) in [5.41, 5.74) is 1.50. The van der Waals surface area contributed by atoms with Crippen molar-refractivity contribution in [3.05, 3.63) is 24.3 Å². The zero-order valence-corrected chi connectivity index (χ0v) is 12.9. The predicted molar refractivity (Wildman–Crippen MR) is 83.6 cm³/mol. The van der Waals surface area contributed by atoms with Gasteiger partial charge >= 0.3 is 0 Å². The minimum Gasteiger partial charge on any atom is -0.495 e. The van der Waals surface area contributed by atoms with Crippen LogP contribution in [0.5, 0.6) is 5.75 Å². The van der Waals surface area contributed by atoms with E-state index in [0.717, 1.165) is 31.2 Å². The molecule has 3 heteroatoms. The van der Waals surface area contributed by atoms with Crippen LogP contribution in [0.25, 0.3) is 0 Å². The number of anilines is 1. The molecule has 0 radical (unpaired) electrons. The molecule has 2 atom stereocenters. The number of piperazine rings is 1. The minimum absolute atomic E-state index is 0.256. The SMILES string of the molecule is CCC1CNC(C)(C2CC2)CN1c1ccccc1OC. The molecule has 1 aliphatic heterocycles. The van der Waals surface area contributed by atoms with Crippen LogP contribution in [0.3, 0.4) is 0 Å². The topological polar surface area (TPSA) is 24.5 Å². The highest BCUT2D eigenvalue weighted by atomic mass is 16.5. The normalized spacial score (nSPS) is 30.4. The van der Waals surface area contributed by atoms with Gasteiger partial charge in [-0.05, 0) is 44.2 Å². The van der Waals surface area contributed by atoms with Gasteiger partial charge in [0.15, 0.2) is 0 Å². The summed E-state index contributed by atoms with van der Waals surface area (Å²) < 4.78 is 5.57. The summed E-state index contributed by atoms with van der Waals surface area (Å²) in [4.78, 5) is 2.56. The Labute approximate surface area is 122 Å². The summed E-state index contributed by atoms with van der Waals surface area (Å²) in [5, 5.41) is 3.81. The first-order chi connectivity index (χ1) is 9.68. The molecule has 1 aromatic rings. The lowest BCUT2D eigenvalue weighted by Crippen LogP contribution is -2.64. The van der Waals surface area contributed by atoms with E-state index in [1.807, 2.05) is 6.07 Å². The van der Waals surface area contributed by atoms with E-state index in [1.54, 1.807) is 7.11 Å². The summed E-state index contributed by atoms with van der Waals surface area (Å²) in [6.07, 6.45) is 3.91. The standard InChI is InChI=1S/C17H26N2O/c1-4-14-11-18-17(2,13-9-10-13)12-19(14)15-7-5-6-8-16(15)20-3/h5-8,13-14,18H,4,9-12H2,1-3H3. The number of methoxy groups -OCH3 is 1. The van der Waals surface area contributed by atoms with Gasteiger partial charge in [0, 0.05) is 24.7 Å². The average Bonchev–Trinajstić information content (AvgIpc) is 3.32. The highest BCUT2D eigenvalue weighted by Gasteiger charge is 2.46. The quantitative estimate of drug-likeness (QED) is 0.913. The molecule has 2 fully saturated rings. The lowest BCUT2D eigenvalue weighted by atomic mass is 9.90. The predicted octanol–water partition coefficient (Wildman–Crippen LogP) is 3.05. The van der Waals surface area contributed by atoms with E-state index in [-0.39, 0.29) is 5.54 Å². The van der Waals surface area contributed by atoms with Crippen molar-refractivity contribution in [1.29, 1.82) is 0 Å². The van der Waals surface area contributed by atoms with Crippen LogP contribution >= 0.6 is 0 Å². The smallest absolute Gasteiger partial charge is 0.142 e. The Kier molecular flexibility index (Phi) is 3.63. The van der Waals surface area contributed by atoms with E-state index in [0.29, 0.717) is 6.04 Å². The van der Waals surface area contributed by atoms with Crippen LogP contribution in [-0.4, -0.2) is 31.8 Å². The molecule has 2 aliphatic rings. The van der Waals surface area contributed by atoms with Crippen molar-refractivity contribution in [2.45, 2.75) is 44.7 Å². The first-order valence-electron chi connectivity index (χ1n) is 7.82. The molecule has 20 heavy (non-hydrogen) atoms. The Bertz CT molecular complexity index is 472. The summed E-state index contributed by atoms with van der Waals surface area (Å²) >= 11 is 0. The van der Waals surface area contributed by atoms with Gasteiger partial charge in [-0.1, -0.05) is 19.1 Å². The second kappa shape index (κ2) is 5.28. The molecule has 3 rings (SSSR count). The van der Waals surface area contributed by atoms with Crippen LogP contribution in [0.15, 0.2) is 24.3 Å². The molecule has 1 saturated carbocycles. The molecule has 110 valence electrons. The lowest BCUT2D eigenvalue weighted by molar-refractivity contribution is 0.251. The maximum atomic E-state index is 5.57. The zero-order chi connectivity index (χ0) is 14.2. The number of hydrogen-bond donors (Lipinski definition) is 1. The van der Waals surface area contributed by atoms with Gasteiger partial charge in [0.1, 0.15) is 5.75 Å². The third kappa shape index (κ3) is 2.39. The minimum atomic E-state index is 0.256. The Morgan fingerprint density at radius 1 is 1.35 bits per heavy atom. The zero-order valence-electron chi connectivity index (χ0n) is 12.9. The van der Waals surface area contributed by atoms with Gasteiger partial charge in [0.25, 0.3) is 0 Å². The van der Waals surface area contributed by atoms with E-state index in [4.69, 9.17) is 4.74 Å². The number of para-hydroxylation sites is 2. The molecule has 1 saturated heterocycles. The van der Waals surface area contributed by atoms with Crippen LogP contribution in [0, 0.1) is 5.92 Å². The molecule has 1 aliphatic carbocycles. The lowest BCUT2D eigenvalue weighted by Gasteiger charge is -2.48. The molecule has 1 aromatic carbocycles. The van der Waals surface area contributed by atoms with Crippen molar-refractivity contribution in [3.63, 3.8) is 0 Å². The van der Waals surface area contributed by atoms with Crippen molar-refractivity contribution in [2.24, 2.45) is 5.92 Å². The van der Waals surface area contributed by atoms with E-state index >= 15 is 0 Å². The molecule has 1 heterocycles. The first kappa shape index (κ1) is 13.7. The van der Waals surface area contributed by atoms with Gasteiger partial charge < -0.3 is 15.0 Å². The van der Waals surface area contributed by atoms with Gasteiger partial charge in [-0.2, -0.15) is 0 Å². The van der Waals surface area contributed by atoms with E-state index in [9.17, 15) is 0 Å². The maximum absolute atomic E-state index is 5.57. The summed E-state index contributed by atoms with van der Waals surface area (Å²) in [5.74, 6) is 1.84. The summed E-state index contributed by atoms with van der Waals surface area (Å²) in [7, 11) is 1.77. The molecule has 0 aromatic heterocycles. The van der Waals surface area contributed by atoms with Crippen molar-refractivity contribution in [2.75, 3.05) is 25.1 Å². The van der Waals surface area contributed by atoms with Crippen molar-refractivity contribution >= 4 is 5.69 Å². The second-order valence-corrected chi connectivity index (χ2v) is 6.43. The number of rotatable bonds is 4. The molecule has 2 unspecified atom stereocenters. The highest BCUT2D eigenvalue weighted by molar-refractivity contribution is 5.60. The fourth-order valence-corrected chi connectivity index (χ4v) is 3.51. The molecular formula is C17H26N2O.